The maximum absolute atomic E-state index is 12.1. The van der Waals surface area contributed by atoms with Gasteiger partial charge in [-0.1, -0.05) is 36.0 Å². The minimum absolute atomic E-state index is 0.0261. The number of nitrogens with one attached hydrogen (secondary N) is 1. The van der Waals surface area contributed by atoms with Crippen molar-refractivity contribution in [3.63, 3.8) is 0 Å². The fraction of sp³-hybridized carbons (Fsp3) is 0.278. The highest BCUT2D eigenvalue weighted by Crippen LogP contribution is 2.30. The number of methoxy groups -OCH3 is 1. The van der Waals surface area contributed by atoms with Crippen LogP contribution in [0.25, 0.3) is 16.4 Å². The number of thiophene rings is 1. The zero-order valence-corrected chi connectivity index (χ0v) is 16.2. The van der Waals surface area contributed by atoms with Gasteiger partial charge in [0, 0.05) is 18.8 Å². The predicted octanol–water partition coefficient (Wildman–Crippen LogP) is 3.24. The highest BCUT2D eigenvalue weighted by atomic mass is 32.2. The van der Waals surface area contributed by atoms with E-state index in [1.807, 2.05) is 59.3 Å². The normalized spacial score (nSPS) is 12.1. The molecule has 8 heteroatoms. The van der Waals surface area contributed by atoms with Crippen LogP contribution in [-0.2, 0) is 9.53 Å². The van der Waals surface area contributed by atoms with E-state index in [2.05, 4.69) is 15.5 Å². The number of carbonyl (C=O) groups is 1. The van der Waals surface area contributed by atoms with Crippen LogP contribution >= 0.6 is 23.1 Å². The number of ether oxygens (including phenoxy) is 1. The van der Waals surface area contributed by atoms with Crippen LogP contribution in [0.1, 0.15) is 6.92 Å². The largest absolute Gasteiger partial charge is 0.383 e. The van der Waals surface area contributed by atoms with E-state index in [-0.39, 0.29) is 17.7 Å². The first-order valence-corrected chi connectivity index (χ1v) is 10.0. The summed E-state index contributed by atoms with van der Waals surface area (Å²) in [5.74, 6) is 0.991. The van der Waals surface area contributed by atoms with Crippen LogP contribution < -0.4 is 5.32 Å². The van der Waals surface area contributed by atoms with E-state index in [1.54, 1.807) is 18.4 Å². The van der Waals surface area contributed by atoms with Crippen molar-refractivity contribution in [1.29, 1.82) is 0 Å². The molecule has 2 aromatic heterocycles. The first-order chi connectivity index (χ1) is 12.7. The summed E-state index contributed by atoms with van der Waals surface area (Å²) >= 11 is 2.98. The maximum atomic E-state index is 12.1. The molecule has 0 aliphatic heterocycles. The molecule has 1 N–H and O–H groups in total. The van der Waals surface area contributed by atoms with Crippen LogP contribution in [0.15, 0.2) is 53.0 Å². The van der Waals surface area contributed by atoms with Crippen LogP contribution in [0.4, 0.5) is 0 Å². The Morgan fingerprint density at radius 3 is 2.77 bits per heavy atom. The third-order valence-electron chi connectivity index (χ3n) is 3.55. The Morgan fingerprint density at radius 2 is 2.08 bits per heavy atom. The molecular weight excluding hydrogens is 368 g/mol. The van der Waals surface area contributed by atoms with E-state index in [1.165, 1.54) is 11.8 Å². The molecular formula is C18H20N4O2S2. The van der Waals surface area contributed by atoms with Gasteiger partial charge >= 0.3 is 0 Å². The van der Waals surface area contributed by atoms with Gasteiger partial charge in [0.25, 0.3) is 0 Å². The van der Waals surface area contributed by atoms with E-state index in [0.29, 0.717) is 11.8 Å². The number of para-hydroxylation sites is 1. The molecule has 0 unspecified atom stereocenters. The minimum atomic E-state index is -0.0557. The third-order valence-corrected chi connectivity index (χ3v) is 5.34. The van der Waals surface area contributed by atoms with Crippen LogP contribution in [0.2, 0.25) is 0 Å². The van der Waals surface area contributed by atoms with Crippen LogP contribution in [0.5, 0.6) is 0 Å². The molecule has 3 aromatic rings. The molecule has 3 rings (SSSR count). The van der Waals surface area contributed by atoms with Gasteiger partial charge in [0.15, 0.2) is 11.0 Å². The molecule has 0 fully saturated rings. The van der Waals surface area contributed by atoms with Crippen LogP contribution in [0, 0.1) is 0 Å². The standard InChI is InChI=1S/C18H20N4O2S2/c1-13(11-24-2)19-16(23)12-26-18-21-20-17(15-9-6-10-25-15)22(18)14-7-4-3-5-8-14/h3-10,13H,11-12H2,1-2H3,(H,19,23)/t13-/m0/s1. The monoisotopic (exact) mass is 388 g/mol. The van der Waals surface area contributed by atoms with E-state index in [0.717, 1.165) is 16.4 Å². The highest BCUT2D eigenvalue weighted by Gasteiger charge is 2.18. The van der Waals surface area contributed by atoms with Gasteiger partial charge in [-0.15, -0.1) is 21.5 Å². The summed E-state index contributed by atoms with van der Waals surface area (Å²) in [5.41, 5.74) is 0.969. The SMILES string of the molecule is COC[C@H](C)NC(=O)CSc1nnc(-c2cccs2)n1-c1ccccc1. The van der Waals surface area contributed by atoms with Crippen molar-refractivity contribution in [2.24, 2.45) is 0 Å². The van der Waals surface area contributed by atoms with Crippen LogP contribution in [0.3, 0.4) is 0 Å². The lowest BCUT2D eigenvalue weighted by atomic mass is 10.3. The molecule has 0 bridgehead atoms. The maximum Gasteiger partial charge on any atom is 0.230 e. The van der Waals surface area contributed by atoms with Gasteiger partial charge < -0.3 is 10.1 Å². The number of hydrogen-bond acceptors (Lipinski definition) is 6. The number of benzene rings is 1. The Morgan fingerprint density at radius 1 is 1.27 bits per heavy atom. The topological polar surface area (TPSA) is 69.0 Å². The minimum Gasteiger partial charge on any atom is -0.383 e. The summed E-state index contributed by atoms with van der Waals surface area (Å²) in [7, 11) is 1.62. The zero-order valence-electron chi connectivity index (χ0n) is 14.6. The summed E-state index contributed by atoms with van der Waals surface area (Å²) in [4.78, 5) is 13.2. The van der Waals surface area contributed by atoms with Gasteiger partial charge in [0.05, 0.1) is 17.2 Å². The van der Waals surface area contributed by atoms with E-state index in [4.69, 9.17) is 4.74 Å². The molecule has 0 saturated carbocycles. The smallest absolute Gasteiger partial charge is 0.230 e. The lowest BCUT2D eigenvalue weighted by Gasteiger charge is -2.13. The van der Waals surface area contributed by atoms with Crippen molar-refractivity contribution in [2.75, 3.05) is 19.5 Å². The first kappa shape index (κ1) is 18.6. The van der Waals surface area contributed by atoms with Gasteiger partial charge in [-0.2, -0.15) is 0 Å². The second-order valence-electron chi connectivity index (χ2n) is 5.67. The molecule has 136 valence electrons. The van der Waals surface area contributed by atoms with E-state index >= 15 is 0 Å². The summed E-state index contributed by atoms with van der Waals surface area (Å²) in [6.07, 6.45) is 0. The van der Waals surface area contributed by atoms with Gasteiger partial charge in [-0.25, -0.2) is 0 Å². The van der Waals surface area contributed by atoms with Gasteiger partial charge in [0.1, 0.15) is 0 Å². The van der Waals surface area contributed by atoms with E-state index < -0.39 is 0 Å². The Hall–Kier alpha value is -2.16. The average Bonchev–Trinajstić information content (AvgIpc) is 3.30. The molecule has 0 aliphatic carbocycles. The Balaban J connectivity index is 1.80. The molecule has 1 aromatic carbocycles. The summed E-state index contributed by atoms with van der Waals surface area (Å²) in [6.45, 7) is 2.40. The van der Waals surface area contributed by atoms with Crippen molar-refractivity contribution in [1.82, 2.24) is 20.1 Å². The predicted molar refractivity (Wildman–Crippen MR) is 105 cm³/mol. The lowest BCUT2D eigenvalue weighted by Crippen LogP contribution is -2.36. The summed E-state index contributed by atoms with van der Waals surface area (Å²) in [6, 6.07) is 13.9. The number of carbonyl (C=O) groups excluding carboxylic acids is 1. The van der Waals surface area contributed by atoms with Crippen molar-refractivity contribution in [3.8, 4) is 16.4 Å². The number of rotatable bonds is 8. The van der Waals surface area contributed by atoms with Crippen molar-refractivity contribution in [3.05, 3.63) is 47.8 Å². The van der Waals surface area contributed by atoms with Gasteiger partial charge in [0.2, 0.25) is 5.91 Å². The van der Waals surface area contributed by atoms with Crippen molar-refractivity contribution < 1.29 is 9.53 Å². The van der Waals surface area contributed by atoms with Gasteiger partial charge in [-0.05, 0) is 30.5 Å². The molecule has 0 aliphatic rings. The third kappa shape index (κ3) is 4.51. The molecule has 0 radical (unpaired) electrons. The molecule has 1 amide bonds. The molecule has 1 atom stereocenters. The molecule has 2 heterocycles. The zero-order chi connectivity index (χ0) is 18.4. The fourth-order valence-electron chi connectivity index (χ4n) is 2.48. The molecule has 6 nitrogen and oxygen atoms in total. The second kappa shape index (κ2) is 8.98. The number of amides is 1. The second-order valence-corrected chi connectivity index (χ2v) is 7.56. The number of aromatic nitrogens is 3. The Bertz CT molecular complexity index is 834. The molecule has 0 spiro atoms. The highest BCUT2D eigenvalue weighted by molar-refractivity contribution is 7.99. The quantitative estimate of drug-likeness (QED) is 0.600. The van der Waals surface area contributed by atoms with Crippen molar-refractivity contribution in [2.45, 2.75) is 18.1 Å². The molecule has 0 saturated heterocycles. The number of nitrogens with zero attached hydrogens (tertiary/aromatic N) is 3. The van der Waals surface area contributed by atoms with Crippen molar-refractivity contribution >= 4 is 29.0 Å². The van der Waals surface area contributed by atoms with Gasteiger partial charge in [-0.3, -0.25) is 9.36 Å². The summed E-state index contributed by atoms with van der Waals surface area (Å²) in [5, 5.41) is 14.3. The molecule has 26 heavy (non-hydrogen) atoms. The Labute approximate surface area is 160 Å². The summed E-state index contributed by atoms with van der Waals surface area (Å²) < 4.78 is 7.03. The Kier molecular flexibility index (Phi) is 6.43. The number of hydrogen-bond donors (Lipinski definition) is 1. The first-order valence-electron chi connectivity index (χ1n) is 8.15. The van der Waals surface area contributed by atoms with E-state index in [9.17, 15) is 4.79 Å². The fourth-order valence-corrected chi connectivity index (χ4v) is 3.94. The average molecular weight is 389 g/mol. The number of thioether (sulfide) groups is 1. The lowest BCUT2D eigenvalue weighted by molar-refractivity contribution is -0.119. The van der Waals surface area contributed by atoms with Crippen LogP contribution in [-0.4, -0.2) is 46.2 Å².